The smallest absolute Gasteiger partial charge is 0.259 e. The zero-order valence-electron chi connectivity index (χ0n) is 18.1. The number of hydrazone groups is 1. The lowest BCUT2D eigenvalue weighted by molar-refractivity contribution is 0.456. The van der Waals surface area contributed by atoms with Gasteiger partial charge in [-0.15, -0.1) is 4.40 Å². The van der Waals surface area contributed by atoms with Crippen LogP contribution in [0.1, 0.15) is 50.7 Å². The molecule has 3 rings (SSSR count). The molecule has 1 aliphatic rings. The van der Waals surface area contributed by atoms with Gasteiger partial charge in [-0.25, -0.2) is 13.4 Å². The highest BCUT2D eigenvalue weighted by Crippen LogP contribution is 2.29. The molecule has 8 heteroatoms. The van der Waals surface area contributed by atoms with Gasteiger partial charge in [0.05, 0.1) is 17.5 Å². The van der Waals surface area contributed by atoms with Crippen LogP contribution in [0.15, 0.2) is 64.1 Å². The summed E-state index contributed by atoms with van der Waals surface area (Å²) in [5.74, 6) is 0.237. The zero-order chi connectivity index (χ0) is 22.4. The Balaban J connectivity index is 2.04. The molecule has 1 aliphatic heterocycles. The van der Waals surface area contributed by atoms with E-state index < -0.39 is 15.3 Å². The second-order valence-electron chi connectivity index (χ2n) is 7.44. The number of nitrogens with one attached hydrogen (secondary N) is 1. The van der Waals surface area contributed by atoms with Crippen LogP contribution in [0, 0.1) is 0 Å². The fraction of sp³-hybridized carbons (Fsp3) is 0.391. The maximum atomic E-state index is 12.9. The SMILES string of the molecule is CCN/C(=N\S(=O)(=O)C(CC)CC)N1CC(c2ccccc2)C(c2ccc(Cl)cc2)=N1. The van der Waals surface area contributed by atoms with Crippen LogP contribution in [0.4, 0.5) is 0 Å². The highest BCUT2D eigenvalue weighted by atomic mass is 35.5. The van der Waals surface area contributed by atoms with Gasteiger partial charge in [-0.05, 0) is 43.0 Å². The van der Waals surface area contributed by atoms with Crippen LogP contribution >= 0.6 is 11.6 Å². The lowest BCUT2D eigenvalue weighted by atomic mass is 9.91. The van der Waals surface area contributed by atoms with Crippen LogP contribution in [0.2, 0.25) is 5.02 Å². The first-order valence-corrected chi connectivity index (χ1v) is 12.5. The third-order valence-corrected chi connectivity index (χ3v) is 7.57. The van der Waals surface area contributed by atoms with E-state index >= 15 is 0 Å². The van der Waals surface area contributed by atoms with E-state index in [1.165, 1.54) is 0 Å². The van der Waals surface area contributed by atoms with E-state index in [1.54, 1.807) is 5.01 Å². The molecule has 0 saturated carbocycles. The van der Waals surface area contributed by atoms with Crippen molar-refractivity contribution in [2.24, 2.45) is 9.50 Å². The van der Waals surface area contributed by atoms with Crippen LogP contribution in [0.5, 0.6) is 0 Å². The minimum absolute atomic E-state index is 0.0258. The van der Waals surface area contributed by atoms with Crippen molar-refractivity contribution in [3.05, 3.63) is 70.7 Å². The normalized spacial score (nSPS) is 17.2. The summed E-state index contributed by atoms with van der Waals surface area (Å²) in [5, 5.41) is 9.73. The summed E-state index contributed by atoms with van der Waals surface area (Å²) in [6.45, 7) is 6.67. The molecule has 166 valence electrons. The zero-order valence-corrected chi connectivity index (χ0v) is 19.7. The molecule has 2 aromatic rings. The van der Waals surface area contributed by atoms with Gasteiger partial charge in [0.1, 0.15) is 0 Å². The molecule has 0 saturated heterocycles. The molecular weight excluding hydrogens is 432 g/mol. The molecule has 0 amide bonds. The largest absolute Gasteiger partial charge is 0.354 e. The van der Waals surface area contributed by atoms with Crippen LogP contribution < -0.4 is 5.32 Å². The van der Waals surface area contributed by atoms with Crippen molar-refractivity contribution in [2.75, 3.05) is 13.1 Å². The van der Waals surface area contributed by atoms with Gasteiger partial charge in [0.15, 0.2) is 0 Å². The van der Waals surface area contributed by atoms with Gasteiger partial charge in [0, 0.05) is 17.5 Å². The van der Waals surface area contributed by atoms with Crippen molar-refractivity contribution >= 4 is 33.3 Å². The van der Waals surface area contributed by atoms with Crippen molar-refractivity contribution < 1.29 is 8.42 Å². The van der Waals surface area contributed by atoms with Crippen LogP contribution in [-0.4, -0.2) is 43.4 Å². The van der Waals surface area contributed by atoms with E-state index in [9.17, 15) is 8.42 Å². The summed E-state index contributed by atoms with van der Waals surface area (Å²) in [6, 6.07) is 17.6. The average Bonchev–Trinajstić information content (AvgIpc) is 3.20. The van der Waals surface area contributed by atoms with Gasteiger partial charge in [-0.1, -0.05) is 67.9 Å². The molecule has 0 aromatic heterocycles. The van der Waals surface area contributed by atoms with Gasteiger partial charge >= 0.3 is 0 Å². The molecule has 0 spiro atoms. The third-order valence-electron chi connectivity index (χ3n) is 5.38. The first kappa shape index (κ1) is 23.3. The predicted octanol–water partition coefficient (Wildman–Crippen LogP) is 4.63. The van der Waals surface area contributed by atoms with E-state index in [0.717, 1.165) is 16.8 Å². The molecule has 0 aliphatic carbocycles. The first-order valence-electron chi connectivity index (χ1n) is 10.6. The number of nitrogens with zero attached hydrogens (tertiary/aromatic N) is 3. The Bertz CT molecular complexity index is 1030. The summed E-state index contributed by atoms with van der Waals surface area (Å²) in [7, 11) is -3.65. The summed E-state index contributed by atoms with van der Waals surface area (Å²) < 4.78 is 29.9. The first-order chi connectivity index (χ1) is 14.9. The monoisotopic (exact) mass is 460 g/mol. The summed E-state index contributed by atoms with van der Waals surface area (Å²) >= 11 is 6.08. The number of sulfonamides is 1. The van der Waals surface area contributed by atoms with E-state index in [4.69, 9.17) is 16.7 Å². The lowest BCUT2D eigenvalue weighted by Gasteiger charge is -2.20. The van der Waals surface area contributed by atoms with E-state index in [2.05, 4.69) is 21.8 Å². The Labute approximate surface area is 190 Å². The van der Waals surface area contributed by atoms with Crippen molar-refractivity contribution in [1.29, 1.82) is 0 Å². The predicted molar refractivity (Wildman–Crippen MR) is 128 cm³/mol. The highest BCUT2D eigenvalue weighted by Gasteiger charge is 2.33. The van der Waals surface area contributed by atoms with Crippen molar-refractivity contribution in [2.45, 2.75) is 44.8 Å². The molecule has 1 unspecified atom stereocenters. The molecule has 0 bridgehead atoms. The topological polar surface area (TPSA) is 74.1 Å². The fourth-order valence-corrected chi connectivity index (χ4v) is 5.21. The Morgan fingerprint density at radius 2 is 1.77 bits per heavy atom. The number of rotatable bonds is 7. The fourth-order valence-electron chi connectivity index (χ4n) is 3.70. The molecular formula is C23H29ClN4O2S. The maximum Gasteiger partial charge on any atom is 0.259 e. The summed E-state index contributed by atoms with van der Waals surface area (Å²) in [5.41, 5.74) is 2.91. The Morgan fingerprint density at radius 3 is 2.35 bits per heavy atom. The molecule has 0 radical (unpaired) electrons. The molecule has 1 atom stereocenters. The quantitative estimate of drug-likeness (QED) is 0.483. The Hall–Kier alpha value is -2.38. The Morgan fingerprint density at radius 1 is 1.13 bits per heavy atom. The molecule has 31 heavy (non-hydrogen) atoms. The minimum atomic E-state index is -3.65. The number of benzene rings is 2. The van der Waals surface area contributed by atoms with E-state index in [1.807, 2.05) is 63.2 Å². The standard InChI is InChI=1S/C23H29ClN4O2S/c1-4-20(5-2)31(29,30)27-23(25-6-3)28-16-21(17-10-8-7-9-11-17)22(26-28)18-12-14-19(24)15-13-18/h7-15,20-21H,4-6,16H2,1-3H3,(H,25,27). The van der Waals surface area contributed by atoms with Crippen LogP contribution in [0.25, 0.3) is 0 Å². The van der Waals surface area contributed by atoms with Crippen molar-refractivity contribution in [3.63, 3.8) is 0 Å². The van der Waals surface area contributed by atoms with Gasteiger partial charge in [-0.3, -0.25) is 0 Å². The lowest BCUT2D eigenvalue weighted by Crippen LogP contribution is -2.39. The van der Waals surface area contributed by atoms with E-state index in [-0.39, 0.29) is 11.9 Å². The number of hydrogen-bond acceptors (Lipinski definition) is 3. The Kier molecular flexibility index (Phi) is 7.73. The maximum absolute atomic E-state index is 12.9. The molecule has 2 aromatic carbocycles. The number of guanidine groups is 1. The highest BCUT2D eigenvalue weighted by molar-refractivity contribution is 7.90. The van der Waals surface area contributed by atoms with Crippen molar-refractivity contribution in [1.82, 2.24) is 10.3 Å². The van der Waals surface area contributed by atoms with Gasteiger partial charge in [-0.2, -0.15) is 5.10 Å². The minimum Gasteiger partial charge on any atom is -0.354 e. The molecule has 1 N–H and O–H groups in total. The van der Waals surface area contributed by atoms with Crippen LogP contribution in [-0.2, 0) is 10.0 Å². The van der Waals surface area contributed by atoms with E-state index in [0.29, 0.717) is 31.0 Å². The number of hydrogen-bond donors (Lipinski definition) is 1. The van der Waals surface area contributed by atoms with Gasteiger partial charge in [0.2, 0.25) is 5.96 Å². The second kappa shape index (κ2) is 10.3. The second-order valence-corrected chi connectivity index (χ2v) is 9.75. The number of halogens is 1. The average molecular weight is 461 g/mol. The molecule has 0 fully saturated rings. The third kappa shape index (κ3) is 5.46. The van der Waals surface area contributed by atoms with Gasteiger partial charge in [0.25, 0.3) is 10.0 Å². The molecule has 1 heterocycles. The molecule has 6 nitrogen and oxygen atoms in total. The summed E-state index contributed by atoms with van der Waals surface area (Å²) in [6.07, 6.45) is 1.04. The summed E-state index contributed by atoms with van der Waals surface area (Å²) in [4.78, 5) is 0. The van der Waals surface area contributed by atoms with Gasteiger partial charge < -0.3 is 5.32 Å². The van der Waals surface area contributed by atoms with Crippen molar-refractivity contribution in [3.8, 4) is 0 Å². The van der Waals surface area contributed by atoms with Crippen LogP contribution in [0.3, 0.4) is 0 Å².